The molecule has 0 bridgehead atoms. The summed E-state index contributed by atoms with van der Waals surface area (Å²) in [7, 11) is 0. The second kappa shape index (κ2) is 5.53. The summed E-state index contributed by atoms with van der Waals surface area (Å²) in [5.41, 5.74) is 6.95. The van der Waals surface area contributed by atoms with Crippen LogP contribution in [0.4, 0.5) is 5.69 Å². The van der Waals surface area contributed by atoms with Crippen LogP contribution in [0.15, 0.2) is 29.2 Å². The summed E-state index contributed by atoms with van der Waals surface area (Å²) in [6.07, 6.45) is 1.000. The number of fused-ring (bicyclic) bond motifs is 1. The highest BCUT2D eigenvalue weighted by Gasteiger charge is 2.26. The minimum Gasteiger partial charge on any atom is -0.326 e. The van der Waals surface area contributed by atoms with Crippen molar-refractivity contribution >= 4 is 23.4 Å². The molecule has 5 heteroatoms. The molecule has 0 saturated carbocycles. The molecule has 2 N–H and O–H groups in total. The number of amides is 1. The van der Waals surface area contributed by atoms with Gasteiger partial charge in [-0.3, -0.25) is 9.69 Å². The van der Waals surface area contributed by atoms with Gasteiger partial charge in [-0.15, -0.1) is 11.8 Å². The van der Waals surface area contributed by atoms with E-state index >= 15 is 0 Å². The second-order valence-corrected chi connectivity index (χ2v) is 6.28. The Hall–Kier alpha value is -1.04. The number of thioether (sulfide) groups is 1. The van der Waals surface area contributed by atoms with Crippen LogP contribution in [-0.4, -0.2) is 48.8 Å². The van der Waals surface area contributed by atoms with Crippen molar-refractivity contribution in [1.82, 2.24) is 4.90 Å². The number of hydrogen-bond donors (Lipinski definition) is 1. The second-order valence-electron chi connectivity index (χ2n) is 5.15. The minimum absolute atomic E-state index is 0.196. The lowest BCUT2D eigenvalue weighted by Crippen LogP contribution is -2.42. The predicted molar refractivity (Wildman–Crippen MR) is 78.6 cm³/mol. The van der Waals surface area contributed by atoms with E-state index in [-0.39, 0.29) is 11.9 Å². The first-order valence-electron chi connectivity index (χ1n) is 6.74. The van der Waals surface area contributed by atoms with E-state index in [2.05, 4.69) is 11.0 Å². The molecule has 1 atom stereocenters. The number of para-hydroxylation sites is 1. The smallest absolute Gasteiger partial charge is 0.241 e. The lowest BCUT2D eigenvalue weighted by atomic mass is 10.2. The van der Waals surface area contributed by atoms with Gasteiger partial charge in [-0.05, 0) is 18.6 Å². The average molecular weight is 277 g/mol. The number of rotatable bonds is 2. The van der Waals surface area contributed by atoms with Gasteiger partial charge in [-0.1, -0.05) is 12.1 Å². The van der Waals surface area contributed by atoms with Crippen molar-refractivity contribution in [2.24, 2.45) is 5.73 Å². The molecule has 4 nitrogen and oxygen atoms in total. The topological polar surface area (TPSA) is 49.6 Å². The number of anilines is 1. The Labute approximate surface area is 117 Å². The molecule has 2 heterocycles. The van der Waals surface area contributed by atoms with E-state index in [4.69, 9.17) is 5.73 Å². The van der Waals surface area contributed by atoms with Gasteiger partial charge >= 0.3 is 0 Å². The summed E-state index contributed by atoms with van der Waals surface area (Å²) in [4.78, 5) is 17.8. The van der Waals surface area contributed by atoms with Gasteiger partial charge in [0.15, 0.2) is 0 Å². The zero-order valence-corrected chi connectivity index (χ0v) is 11.7. The maximum absolute atomic E-state index is 12.5. The third-order valence-corrected chi connectivity index (χ3v) is 4.74. The molecular weight excluding hydrogens is 258 g/mol. The Kier molecular flexibility index (Phi) is 3.77. The number of benzene rings is 1. The summed E-state index contributed by atoms with van der Waals surface area (Å²) in [5, 5.41) is 0. The highest BCUT2D eigenvalue weighted by atomic mass is 32.2. The van der Waals surface area contributed by atoms with Gasteiger partial charge in [-0.2, -0.15) is 0 Å². The predicted octanol–water partition coefficient (Wildman–Crippen LogP) is 1.16. The lowest BCUT2D eigenvalue weighted by Gasteiger charge is -2.30. The number of nitrogens with two attached hydrogens (primary N) is 1. The molecule has 1 fully saturated rings. The van der Waals surface area contributed by atoms with E-state index in [0.717, 1.165) is 37.5 Å². The molecule has 3 rings (SSSR count). The molecule has 2 aliphatic heterocycles. The molecule has 0 aliphatic carbocycles. The zero-order chi connectivity index (χ0) is 13.2. The quantitative estimate of drug-likeness (QED) is 0.881. The number of likely N-dealkylation sites (tertiary alicyclic amines) is 1. The number of hydrogen-bond acceptors (Lipinski definition) is 4. The van der Waals surface area contributed by atoms with Crippen molar-refractivity contribution in [2.45, 2.75) is 17.4 Å². The zero-order valence-electron chi connectivity index (χ0n) is 10.9. The van der Waals surface area contributed by atoms with Crippen molar-refractivity contribution < 1.29 is 4.79 Å². The molecule has 1 saturated heterocycles. The first-order valence-corrected chi connectivity index (χ1v) is 7.73. The van der Waals surface area contributed by atoms with Crippen molar-refractivity contribution in [1.29, 1.82) is 0 Å². The molecule has 1 aromatic rings. The summed E-state index contributed by atoms with van der Waals surface area (Å²) in [6, 6.07) is 8.38. The minimum atomic E-state index is 0.196. The van der Waals surface area contributed by atoms with Crippen molar-refractivity contribution in [2.75, 3.05) is 36.8 Å². The van der Waals surface area contributed by atoms with Gasteiger partial charge in [0.1, 0.15) is 0 Å². The van der Waals surface area contributed by atoms with Gasteiger partial charge in [-0.25, -0.2) is 0 Å². The van der Waals surface area contributed by atoms with Gasteiger partial charge in [0.25, 0.3) is 0 Å². The van der Waals surface area contributed by atoms with Crippen molar-refractivity contribution in [3.05, 3.63) is 24.3 Å². The summed E-state index contributed by atoms with van der Waals surface area (Å²) in [6.45, 7) is 3.08. The lowest BCUT2D eigenvalue weighted by molar-refractivity contribution is -0.119. The Bertz CT molecular complexity index is 480. The molecule has 102 valence electrons. The Morgan fingerprint density at radius 2 is 2.21 bits per heavy atom. The van der Waals surface area contributed by atoms with Crippen LogP contribution in [-0.2, 0) is 4.79 Å². The number of nitrogens with zero attached hydrogens (tertiary/aromatic N) is 2. The summed E-state index contributed by atoms with van der Waals surface area (Å²) in [5.74, 6) is 1.17. The first-order chi connectivity index (χ1) is 9.24. The van der Waals surface area contributed by atoms with Crippen molar-refractivity contribution in [3.8, 4) is 0 Å². The molecule has 2 aliphatic rings. The highest BCUT2D eigenvalue weighted by molar-refractivity contribution is 7.99. The Morgan fingerprint density at radius 3 is 3.00 bits per heavy atom. The van der Waals surface area contributed by atoms with Gasteiger partial charge < -0.3 is 10.6 Å². The van der Waals surface area contributed by atoms with E-state index in [1.54, 1.807) is 0 Å². The van der Waals surface area contributed by atoms with Crippen LogP contribution in [0, 0.1) is 0 Å². The van der Waals surface area contributed by atoms with Gasteiger partial charge in [0.2, 0.25) is 5.91 Å². The van der Waals surface area contributed by atoms with Crippen LogP contribution in [0.25, 0.3) is 0 Å². The molecule has 0 radical (unpaired) electrons. The van der Waals surface area contributed by atoms with Gasteiger partial charge in [0.05, 0.1) is 12.2 Å². The number of carbonyl (C=O) groups is 1. The molecule has 19 heavy (non-hydrogen) atoms. The van der Waals surface area contributed by atoms with Crippen LogP contribution >= 0.6 is 11.8 Å². The molecular formula is C14H19N3OS. The van der Waals surface area contributed by atoms with Crippen molar-refractivity contribution in [3.63, 3.8) is 0 Å². The molecule has 0 spiro atoms. The Morgan fingerprint density at radius 1 is 1.37 bits per heavy atom. The van der Waals surface area contributed by atoms with Crippen LogP contribution in [0.3, 0.4) is 0 Å². The maximum Gasteiger partial charge on any atom is 0.241 e. The van der Waals surface area contributed by atoms with E-state index in [1.807, 2.05) is 34.9 Å². The average Bonchev–Trinajstić information content (AvgIpc) is 2.83. The van der Waals surface area contributed by atoms with E-state index in [1.165, 1.54) is 4.90 Å². The molecule has 1 amide bonds. The maximum atomic E-state index is 12.5. The molecule has 0 aromatic heterocycles. The third-order valence-electron chi connectivity index (χ3n) is 3.70. The normalized spacial score (nSPS) is 23.4. The van der Waals surface area contributed by atoms with E-state index in [9.17, 15) is 4.79 Å². The first kappa shape index (κ1) is 13.0. The fraction of sp³-hybridized carbons (Fsp3) is 0.500. The van der Waals surface area contributed by atoms with Crippen LogP contribution < -0.4 is 10.6 Å². The van der Waals surface area contributed by atoms with Gasteiger partial charge in [0, 0.05) is 36.3 Å². The fourth-order valence-electron chi connectivity index (χ4n) is 2.71. The number of carbonyl (C=O) groups excluding carboxylic acids is 1. The molecule has 1 aromatic carbocycles. The fourth-order valence-corrected chi connectivity index (χ4v) is 3.71. The summed E-state index contributed by atoms with van der Waals surface area (Å²) < 4.78 is 0. The van der Waals surface area contributed by atoms with E-state index < -0.39 is 0 Å². The summed E-state index contributed by atoms with van der Waals surface area (Å²) >= 11 is 1.83. The van der Waals surface area contributed by atoms with E-state index in [0.29, 0.717) is 6.54 Å². The standard InChI is InChI=1S/C14H19N3OS/c15-11-5-6-16(9-11)10-14(18)17-7-8-19-13-4-2-1-3-12(13)17/h1-4,11H,5-10,15H2. The Balaban J connectivity index is 1.71. The largest absolute Gasteiger partial charge is 0.326 e. The SMILES string of the molecule is NC1CCN(CC(=O)N2CCSc3ccccc32)C1. The van der Waals surface area contributed by atoms with Crippen LogP contribution in [0.1, 0.15) is 6.42 Å². The van der Waals surface area contributed by atoms with Crippen LogP contribution in [0.2, 0.25) is 0 Å². The third kappa shape index (κ3) is 2.78. The monoisotopic (exact) mass is 277 g/mol. The molecule has 1 unspecified atom stereocenters. The highest BCUT2D eigenvalue weighted by Crippen LogP contribution is 2.34. The van der Waals surface area contributed by atoms with Crippen LogP contribution in [0.5, 0.6) is 0 Å².